The van der Waals surface area contributed by atoms with Crippen LogP contribution in [0.1, 0.15) is 26.2 Å². The summed E-state index contributed by atoms with van der Waals surface area (Å²) in [6, 6.07) is 0. The van der Waals surface area contributed by atoms with Crippen molar-refractivity contribution < 1.29 is 0 Å². The van der Waals surface area contributed by atoms with Crippen molar-refractivity contribution in [3.63, 3.8) is 0 Å². The van der Waals surface area contributed by atoms with Crippen molar-refractivity contribution in [2.24, 2.45) is 0 Å². The lowest BCUT2D eigenvalue weighted by Crippen LogP contribution is -2.12. The summed E-state index contributed by atoms with van der Waals surface area (Å²) in [7, 11) is 4.24. The second kappa shape index (κ2) is 8.44. The molecule has 0 atom stereocenters. The molecule has 0 saturated heterocycles. The molecule has 0 amide bonds. The highest BCUT2D eigenvalue weighted by Gasteiger charge is 1.86. The number of nitrogens with zero attached hydrogens (tertiary/aromatic N) is 1. The number of halogens is 1. The van der Waals surface area contributed by atoms with Gasteiger partial charge >= 0.3 is 0 Å². The molecule has 0 aromatic rings. The van der Waals surface area contributed by atoms with Crippen molar-refractivity contribution in [2.75, 3.05) is 20.6 Å². The second-order valence-electron chi connectivity index (χ2n) is 2.51. The van der Waals surface area contributed by atoms with E-state index in [4.69, 9.17) is 0 Å². The maximum absolute atomic E-state index is 2.23. The fraction of sp³-hybridized carbons (Fsp3) is 1.00. The molecule has 0 bridgehead atoms. The van der Waals surface area contributed by atoms with Crippen LogP contribution in [0.15, 0.2) is 0 Å². The van der Waals surface area contributed by atoms with Crippen LogP contribution in [0.25, 0.3) is 0 Å². The van der Waals surface area contributed by atoms with Crippen LogP contribution in [-0.4, -0.2) is 25.5 Å². The number of hydrogen-bond acceptors (Lipinski definition) is 1. The van der Waals surface area contributed by atoms with E-state index >= 15 is 0 Å². The predicted molar refractivity (Wildman–Crippen MR) is 48.4 cm³/mol. The van der Waals surface area contributed by atoms with Gasteiger partial charge in [0, 0.05) is 0 Å². The number of rotatable bonds is 4. The van der Waals surface area contributed by atoms with Crippen molar-refractivity contribution in [1.82, 2.24) is 4.90 Å². The molecule has 0 aliphatic heterocycles. The molecule has 0 radical (unpaired) electrons. The van der Waals surface area contributed by atoms with Crippen molar-refractivity contribution in [3.05, 3.63) is 0 Å². The Hall–Kier alpha value is 0.440. The van der Waals surface area contributed by atoms with Gasteiger partial charge in [-0.05, 0) is 27.1 Å². The number of unbranched alkanes of at least 4 members (excludes halogenated alkanes) is 2. The fourth-order valence-electron chi connectivity index (χ4n) is 0.678. The van der Waals surface area contributed by atoms with Crippen LogP contribution in [0, 0.1) is 0 Å². The molecule has 0 saturated carbocycles. The van der Waals surface area contributed by atoms with Crippen molar-refractivity contribution in [2.45, 2.75) is 26.2 Å². The molecule has 9 heavy (non-hydrogen) atoms. The van der Waals surface area contributed by atoms with Gasteiger partial charge in [-0.3, -0.25) is 0 Å². The molecule has 0 N–H and O–H groups in total. The Bertz CT molecular complexity index is 46.2. The minimum atomic E-state index is 0. The summed E-state index contributed by atoms with van der Waals surface area (Å²) in [6.07, 6.45) is 4.05. The van der Waals surface area contributed by atoms with E-state index in [0.717, 1.165) is 0 Å². The van der Waals surface area contributed by atoms with Crippen LogP contribution in [0.5, 0.6) is 0 Å². The minimum Gasteiger partial charge on any atom is -0.309 e. The fourth-order valence-corrected chi connectivity index (χ4v) is 0.678. The maximum Gasteiger partial charge on any atom is -0.00248 e. The molecule has 0 unspecified atom stereocenters. The Morgan fingerprint density at radius 2 is 1.67 bits per heavy atom. The standard InChI is InChI=1S/C7H17N.BrH/c1-4-5-6-7-8(2)3;/h4-7H2,1-3H3;1H. The first kappa shape index (κ1) is 12.1. The first-order valence-corrected chi connectivity index (χ1v) is 3.42. The normalized spacial score (nSPS) is 9.33. The van der Waals surface area contributed by atoms with Crippen LogP contribution in [0.2, 0.25) is 0 Å². The summed E-state index contributed by atoms with van der Waals surface area (Å²) in [5, 5.41) is 0. The third-order valence-electron chi connectivity index (χ3n) is 1.21. The van der Waals surface area contributed by atoms with Crippen molar-refractivity contribution in [1.29, 1.82) is 0 Å². The van der Waals surface area contributed by atoms with Crippen LogP contribution in [0.3, 0.4) is 0 Å². The Kier molecular flexibility index (Phi) is 11.4. The zero-order valence-corrected chi connectivity index (χ0v) is 8.40. The predicted octanol–water partition coefficient (Wildman–Crippen LogP) is 2.32. The maximum atomic E-state index is 2.23. The largest absolute Gasteiger partial charge is 0.309 e. The van der Waals surface area contributed by atoms with Gasteiger partial charge in [0.05, 0.1) is 0 Å². The first-order chi connectivity index (χ1) is 3.77. The average molecular weight is 196 g/mol. The highest BCUT2D eigenvalue weighted by Crippen LogP contribution is 1.93. The molecule has 0 aromatic carbocycles. The van der Waals surface area contributed by atoms with Gasteiger partial charge in [0.15, 0.2) is 0 Å². The summed E-state index contributed by atoms with van der Waals surface area (Å²) in [6.45, 7) is 3.48. The van der Waals surface area contributed by atoms with Gasteiger partial charge in [-0.1, -0.05) is 19.8 Å². The molecule has 2 heteroatoms. The van der Waals surface area contributed by atoms with Crippen LogP contribution in [0.4, 0.5) is 0 Å². The van der Waals surface area contributed by atoms with Gasteiger partial charge in [-0.15, -0.1) is 17.0 Å². The van der Waals surface area contributed by atoms with Crippen LogP contribution in [-0.2, 0) is 0 Å². The molecule has 58 valence electrons. The molecular formula is C7H18BrN. The van der Waals surface area contributed by atoms with Gasteiger partial charge in [0.1, 0.15) is 0 Å². The van der Waals surface area contributed by atoms with Gasteiger partial charge in [0.2, 0.25) is 0 Å². The zero-order valence-electron chi connectivity index (χ0n) is 6.68. The van der Waals surface area contributed by atoms with Crippen LogP contribution >= 0.6 is 17.0 Å². The van der Waals surface area contributed by atoms with Gasteiger partial charge in [-0.25, -0.2) is 0 Å². The van der Waals surface area contributed by atoms with E-state index < -0.39 is 0 Å². The van der Waals surface area contributed by atoms with E-state index in [2.05, 4.69) is 25.9 Å². The highest BCUT2D eigenvalue weighted by atomic mass is 79.9. The Labute approximate surface area is 69.2 Å². The second-order valence-corrected chi connectivity index (χ2v) is 2.51. The first-order valence-electron chi connectivity index (χ1n) is 3.42. The molecular weight excluding hydrogens is 178 g/mol. The van der Waals surface area contributed by atoms with E-state index in [-0.39, 0.29) is 17.0 Å². The van der Waals surface area contributed by atoms with Crippen molar-refractivity contribution >= 4 is 17.0 Å². The van der Waals surface area contributed by atoms with E-state index in [9.17, 15) is 0 Å². The third-order valence-corrected chi connectivity index (χ3v) is 1.21. The monoisotopic (exact) mass is 195 g/mol. The van der Waals surface area contributed by atoms with Gasteiger partial charge < -0.3 is 4.90 Å². The van der Waals surface area contributed by atoms with Gasteiger partial charge in [0.25, 0.3) is 0 Å². The lowest BCUT2D eigenvalue weighted by atomic mass is 10.2. The molecule has 0 spiro atoms. The van der Waals surface area contributed by atoms with E-state index in [1.165, 1.54) is 25.8 Å². The van der Waals surface area contributed by atoms with Crippen molar-refractivity contribution in [3.8, 4) is 0 Å². The summed E-state index contributed by atoms with van der Waals surface area (Å²) in [4.78, 5) is 2.23. The number of hydrogen-bond donors (Lipinski definition) is 0. The lowest BCUT2D eigenvalue weighted by molar-refractivity contribution is 0.393. The molecule has 1 nitrogen and oxygen atoms in total. The minimum absolute atomic E-state index is 0. The zero-order chi connectivity index (χ0) is 6.41. The summed E-state index contributed by atoms with van der Waals surface area (Å²) in [5.41, 5.74) is 0. The molecule has 0 aliphatic carbocycles. The third kappa shape index (κ3) is 11.8. The topological polar surface area (TPSA) is 3.24 Å². The molecule has 0 fully saturated rings. The molecule has 0 heterocycles. The SMILES string of the molecule is Br.CCCCCN(C)C. The summed E-state index contributed by atoms with van der Waals surface area (Å²) in [5.74, 6) is 0. The van der Waals surface area contributed by atoms with Gasteiger partial charge in [-0.2, -0.15) is 0 Å². The Morgan fingerprint density at radius 1 is 1.11 bits per heavy atom. The quantitative estimate of drug-likeness (QED) is 0.623. The smallest absolute Gasteiger partial charge is 0.00248 e. The molecule has 0 rings (SSSR count). The van der Waals surface area contributed by atoms with E-state index in [0.29, 0.717) is 0 Å². The van der Waals surface area contributed by atoms with E-state index in [1.807, 2.05) is 0 Å². The Morgan fingerprint density at radius 3 is 2.00 bits per heavy atom. The molecule has 0 aliphatic rings. The van der Waals surface area contributed by atoms with Crippen LogP contribution < -0.4 is 0 Å². The highest BCUT2D eigenvalue weighted by molar-refractivity contribution is 8.93. The van der Waals surface area contributed by atoms with E-state index in [1.54, 1.807) is 0 Å². The summed E-state index contributed by atoms with van der Waals surface area (Å²) < 4.78 is 0. The summed E-state index contributed by atoms with van der Waals surface area (Å²) >= 11 is 0. The molecule has 0 aromatic heterocycles. The average Bonchev–Trinajstić information content (AvgIpc) is 1.66. The Balaban J connectivity index is 0. The lowest BCUT2D eigenvalue weighted by Gasteiger charge is -2.06.